The van der Waals surface area contributed by atoms with Crippen LogP contribution in [0.15, 0.2) is 30.4 Å². The molecule has 1 heterocycles. The second-order valence-electron chi connectivity index (χ2n) is 4.70. The maximum Gasteiger partial charge on any atom is 0.326 e. The van der Waals surface area contributed by atoms with Gasteiger partial charge in [-0.15, -0.1) is 0 Å². The molecule has 90 valence electrons. The Morgan fingerprint density at radius 3 is 3.06 bits per heavy atom. The van der Waals surface area contributed by atoms with Crippen LogP contribution in [0.25, 0.3) is 0 Å². The van der Waals surface area contributed by atoms with Gasteiger partial charge in [-0.3, -0.25) is 0 Å². The summed E-state index contributed by atoms with van der Waals surface area (Å²) in [6.07, 6.45) is 4.85. The van der Waals surface area contributed by atoms with Gasteiger partial charge in [0.15, 0.2) is 0 Å². The molecule has 0 saturated carbocycles. The van der Waals surface area contributed by atoms with Gasteiger partial charge in [-0.25, -0.2) is 4.79 Å². The number of allylic oxidation sites excluding steroid dienone is 2. The summed E-state index contributed by atoms with van der Waals surface area (Å²) < 4.78 is 0. The second kappa shape index (κ2) is 3.88. The summed E-state index contributed by atoms with van der Waals surface area (Å²) in [5, 5.41) is 21.4. The third-order valence-corrected chi connectivity index (χ3v) is 3.78. The van der Waals surface area contributed by atoms with Gasteiger partial charge in [-0.2, -0.15) is 5.26 Å². The first-order valence-electron chi connectivity index (χ1n) is 5.91. The summed E-state index contributed by atoms with van der Waals surface area (Å²) >= 11 is 0. The monoisotopic (exact) mass is 240 g/mol. The predicted octanol–water partition coefficient (Wildman–Crippen LogP) is 2.10. The molecule has 0 radical (unpaired) electrons. The fourth-order valence-electron chi connectivity index (χ4n) is 2.96. The number of nitrogens with zero attached hydrogens (tertiary/aromatic N) is 1. The lowest BCUT2D eigenvalue weighted by atomic mass is 9.78. The summed E-state index contributed by atoms with van der Waals surface area (Å²) in [6, 6.07) is 7.03. The molecular weight excluding hydrogens is 228 g/mol. The zero-order valence-electron chi connectivity index (χ0n) is 9.63. The second-order valence-corrected chi connectivity index (χ2v) is 4.70. The third kappa shape index (κ3) is 1.41. The van der Waals surface area contributed by atoms with Crippen molar-refractivity contribution < 1.29 is 9.90 Å². The average Bonchev–Trinajstić information content (AvgIpc) is 2.86. The highest BCUT2D eigenvalue weighted by atomic mass is 16.4. The van der Waals surface area contributed by atoms with Gasteiger partial charge in [-0.05, 0) is 18.1 Å². The number of hydrogen-bond acceptors (Lipinski definition) is 3. The van der Waals surface area contributed by atoms with Crippen molar-refractivity contribution >= 4 is 11.7 Å². The molecule has 3 rings (SSSR count). The SMILES string of the molecule is N#Cc1cccc2c1N[C@@H](C(=O)O)[C@H]1CC=C[C@@H]21. The van der Waals surface area contributed by atoms with Gasteiger partial charge >= 0.3 is 5.97 Å². The van der Waals surface area contributed by atoms with E-state index in [2.05, 4.69) is 17.5 Å². The molecule has 0 unspecified atom stereocenters. The van der Waals surface area contributed by atoms with E-state index >= 15 is 0 Å². The van der Waals surface area contributed by atoms with Crippen LogP contribution in [-0.2, 0) is 4.79 Å². The van der Waals surface area contributed by atoms with E-state index in [1.165, 1.54) is 0 Å². The number of nitrogens with one attached hydrogen (secondary N) is 1. The van der Waals surface area contributed by atoms with Crippen molar-refractivity contribution in [1.29, 1.82) is 5.26 Å². The van der Waals surface area contributed by atoms with Gasteiger partial charge in [0, 0.05) is 11.8 Å². The van der Waals surface area contributed by atoms with Crippen molar-refractivity contribution in [2.45, 2.75) is 18.4 Å². The van der Waals surface area contributed by atoms with Crippen LogP contribution in [0, 0.1) is 17.2 Å². The molecule has 0 amide bonds. The van der Waals surface area contributed by atoms with Crippen LogP contribution >= 0.6 is 0 Å². The van der Waals surface area contributed by atoms with Crippen molar-refractivity contribution in [3.8, 4) is 6.07 Å². The quantitative estimate of drug-likeness (QED) is 0.737. The van der Waals surface area contributed by atoms with Gasteiger partial charge in [0.1, 0.15) is 12.1 Å². The van der Waals surface area contributed by atoms with Crippen LogP contribution in [-0.4, -0.2) is 17.1 Å². The van der Waals surface area contributed by atoms with Crippen molar-refractivity contribution in [2.24, 2.45) is 5.92 Å². The number of fused-ring (bicyclic) bond motifs is 3. The zero-order valence-corrected chi connectivity index (χ0v) is 9.63. The Morgan fingerprint density at radius 2 is 2.33 bits per heavy atom. The molecule has 0 fully saturated rings. The molecule has 0 aromatic heterocycles. The fourth-order valence-corrected chi connectivity index (χ4v) is 2.96. The highest BCUT2D eigenvalue weighted by molar-refractivity contribution is 5.82. The topological polar surface area (TPSA) is 73.1 Å². The number of hydrogen-bond donors (Lipinski definition) is 2. The fraction of sp³-hybridized carbons (Fsp3) is 0.286. The first-order valence-corrected chi connectivity index (χ1v) is 5.91. The lowest BCUT2D eigenvalue weighted by Gasteiger charge is -2.35. The Hall–Kier alpha value is -2.28. The maximum absolute atomic E-state index is 11.3. The number of anilines is 1. The van der Waals surface area contributed by atoms with E-state index < -0.39 is 12.0 Å². The molecule has 4 nitrogen and oxygen atoms in total. The highest BCUT2D eigenvalue weighted by Crippen LogP contribution is 2.45. The summed E-state index contributed by atoms with van der Waals surface area (Å²) in [6.45, 7) is 0. The molecule has 2 N–H and O–H groups in total. The van der Waals surface area contributed by atoms with E-state index in [9.17, 15) is 9.90 Å². The smallest absolute Gasteiger partial charge is 0.326 e. The Kier molecular flexibility index (Phi) is 2.34. The van der Waals surface area contributed by atoms with Gasteiger partial charge < -0.3 is 10.4 Å². The summed E-state index contributed by atoms with van der Waals surface area (Å²) in [7, 11) is 0. The molecule has 0 spiro atoms. The van der Waals surface area contributed by atoms with Crippen molar-refractivity contribution in [1.82, 2.24) is 0 Å². The first kappa shape index (κ1) is 10.8. The molecule has 1 aromatic rings. The predicted molar refractivity (Wildman–Crippen MR) is 66.2 cm³/mol. The number of aliphatic carboxylic acids is 1. The number of benzene rings is 1. The Labute approximate surface area is 105 Å². The van der Waals surface area contributed by atoms with Crippen LogP contribution in [0.1, 0.15) is 23.5 Å². The van der Waals surface area contributed by atoms with E-state index in [-0.39, 0.29) is 11.8 Å². The molecule has 4 heteroatoms. The van der Waals surface area contributed by atoms with E-state index in [1.54, 1.807) is 6.07 Å². The first-order chi connectivity index (χ1) is 8.72. The molecule has 3 atom stereocenters. The minimum Gasteiger partial charge on any atom is -0.480 e. The number of nitriles is 1. The molecule has 1 aliphatic heterocycles. The molecule has 18 heavy (non-hydrogen) atoms. The number of rotatable bonds is 1. The lowest BCUT2D eigenvalue weighted by molar-refractivity contribution is -0.139. The van der Waals surface area contributed by atoms with Crippen molar-refractivity contribution in [2.75, 3.05) is 5.32 Å². The molecule has 0 bridgehead atoms. The van der Waals surface area contributed by atoms with Crippen LogP contribution in [0.5, 0.6) is 0 Å². The molecule has 1 aromatic carbocycles. The number of carbonyl (C=O) groups is 1. The molecular formula is C14H12N2O2. The molecule has 2 aliphatic rings. The van der Waals surface area contributed by atoms with Gasteiger partial charge in [-0.1, -0.05) is 24.3 Å². The zero-order chi connectivity index (χ0) is 12.7. The molecule has 0 saturated heterocycles. The average molecular weight is 240 g/mol. The summed E-state index contributed by atoms with van der Waals surface area (Å²) in [5.41, 5.74) is 2.23. The maximum atomic E-state index is 11.3. The Bertz CT molecular complexity index is 586. The summed E-state index contributed by atoms with van der Waals surface area (Å²) in [5.74, 6) is -0.702. The van der Waals surface area contributed by atoms with Gasteiger partial charge in [0.25, 0.3) is 0 Å². The summed E-state index contributed by atoms with van der Waals surface area (Å²) in [4.78, 5) is 11.3. The number of para-hydroxylation sites is 1. The van der Waals surface area contributed by atoms with E-state index in [1.807, 2.05) is 18.2 Å². The molecule has 1 aliphatic carbocycles. The van der Waals surface area contributed by atoms with Crippen molar-refractivity contribution in [3.63, 3.8) is 0 Å². The third-order valence-electron chi connectivity index (χ3n) is 3.78. The minimum atomic E-state index is -0.855. The lowest BCUT2D eigenvalue weighted by Crippen LogP contribution is -2.42. The van der Waals surface area contributed by atoms with Crippen LogP contribution < -0.4 is 5.32 Å². The van der Waals surface area contributed by atoms with E-state index in [4.69, 9.17) is 5.26 Å². The van der Waals surface area contributed by atoms with E-state index in [0.717, 1.165) is 12.0 Å². The standard InChI is InChI=1S/C14H12N2O2/c15-7-8-3-1-5-10-9-4-2-6-11(9)13(14(17)18)16-12(8)10/h1-5,9,11,13,16H,6H2,(H,17,18)/t9-,11-,13+/m0/s1. The number of carboxylic acid groups (broad SMARTS) is 1. The van der Waals surface area contributed by atoms with Crippen LogP contribution in [0.4, 0.5) is 5.69 Å². The van der Waals surface area contributed by atoms with Gasteiger partial charge in [0.2, 0.25) is 0 Å². The van der Waals surface area contributed by atoms with Crippen LogP contribution in [0.3, 0.4) is 0 Å². The van der Waals surface area contributed by atoms with Crippen LogP contribution in [0.2, 0.25) is 0 Å². The van der Waals surface area contributed by atoms with E-state index in [0.29, 0.717) is 11.3 Å². The van der Waals surface area contributed by atoms with Gasteiger partial charge in [0.05, 0.1) is 11.3 Å². The number of carboxylic acids is 1. The normalized spacial score (nSPS) is 27.8. The highest BCUT2D eigenvalue weighted by Gasteiger charge is 2.41. The van der Waals surface area contributed by atoms with Crippen molar-refractivity contribution in [3.05, 3.63) is 41.5 Å². The Balaban J connectivity index is 2.15. The minimum absolute atomic E-state index is 0.0453. The Morgan fingerprint density at radius 1 is 1.50 bits per heavy atom. The largest absolute Gasteiger partial charge is 0.480 e.